The molecule has 0 bridgehead atoms. The first-order valence-corrected chi connectivity index (χ1v) is 6.67. The van der Waals surface area contributed by atoms with Gasteiger partial charge in [-0.05, 0) is 40.8 Å². The van der Waals surface area contributed by atoms with E-state index in [1.807, 2.05) is 0 Å². The van der Waals surface area contributed by atoms with E-state index in [0.29, 0.717) is 5.54 Å². The van der Waals surface area contributed by atoms with Crippen LogP contribution in [0.4, 0.5) is 0 Å². The molecule has 0 radical (unpaired) electrons. The maximum atomic E-state index is 3.49. The van der Waals surface area contributed by atoms with Gasteiger partial charge in [-0.25, -0.2) is 0 Å². The molecule has 94 valence electrons. The second kappa shape index (κ2) is 4.63. The van der Waals surface area contributed by atoms with Gasteiger partial charge in [0.05, 0.1) is 0 Å². The summed E-state index contributed by atoms with van der Waals surface area (Å²) in [5.41, 5.74) is 0.332. The number of hydrogen-bond acceptors (Lipinski definition) is 3. The van der Waals surface area contributed by atoms with Crippen LogP contribution in [0.25, 0.3) is 0 Å². The lowest BCUT2D eigenvalue weighted by atomic mass is 9.97. The Labute approximate surface area is 100 Å². The van der Waals surface area contributed by atoms with Crippen LogP contribution in [0.5, 0.6) is 0 Å². The molecule has 2 aliphatic rings. The molecule has 2 atom stereocenters. The number of hydrogen-bond donors (Lipinski definition) is 1. The SMILES string of the molecule is CNC1CCCC1N1CCN(C)C(C)(C)C1. The van der Waals surface area contributed by atoms with Crippen molar-refractivity contribution in [3.8, 4) is 0 Å². The molecule has 0 aromatic rings. The lowest BCUT2D eigenvalue weighted by molar-refractivity contribution is 0.0127. The molecule has 3 nitrogen and oxygen atoms in total. The predicted molar refractivity (Wildman–Crippen MR) is 68.8 cm³/mol. The molecule has 0 amide bonds. The van der Waals surface area contributed by atoms with Crippen molar-refractivity contribution < 1.29 is 0 Å². The van der Waals surface area contributed by atoms with Crippen LogP contribution in [0.2, 0.25) is 0 Å². The Bertz CT molecular complexity index is 239. The number of rotatable bonds is 2. The third-order valence-electron chi connectivity index (χ3n) is 4.67. The Kier molecular flexibility index (Phi) is 3.57. The van der Waals surface area contributed by atoms with E-state index in [-0.39, 0.29) is 0 Å². The van der Waals surface area contributed by atoms with Gasteiger partial charge in [-0.15, -0.1) is 0 Å². The van der Waals surface area contributed by atoms with Crippen molar-refractivity contribution in [1.29, 1.82) is 0 Å². The molecule has 1 aliphatic carbocycles. The highest BCUT2D eigenvalue weighted by Crippen LogP contribution is 2.28. The lowest BCUT2D eigenvalue weighted by Gasteiger charge is -2.48. The Morgan fingerprint density at radius 1 is 1.19 bits per heavy atom. The van der Waals surface area contributed by atoms with Crippen LogP contribution in [0.3, 0.4) is 0 Å². The van der Waals surface area contributed by atoms with Crippen LogP contribution < -0.4 is 5.32 Å². The van der Waals surface area contributed by atoms with Gasteiger partial charge < -0.3 is 5.32 Å². The van der Waals surface area contributed by atoms with Crippen LogP contribution in [-0.2, 0) is 0 Å². The fourth-order valence-electron chi connectivity index (χ4n) is 3.28. The summed E-state index contributed by atoms with van der Waals surface area (Å²) in [7, 11) is 4.37. The van der Waals surface area contributed by atoms with Crippen molar-refractivity contribution in [1.82, 2.24) is 15.1 Å². The van der Waals surface area contributed by atoms with Gasteiger partial charge >= 0.3 is 0 Å². The van der Waals surface area contributed by atoms with E-state index >= 15 is 0 Å². The Morgan fingerprint density at radius 2 is 1.94 bits per heavy atom. The molecule has 2 unspecified atom stereocenters. The standard InChI is InChI=1S/C13H27N3/c1-13(2)10-16(9-8-15(13)4)12-7-5-6-11(12)14-3/h11-12,14H,5-10H2,1-4H3. The van der Waals surface area contributed by atoms with Gasteiger partial charge in [0.25, 0.3) is 0 Å². The zero-order chi connectivity index (χ0) is 11.8. The van der Waals surface area contributed by atoms with Crippen molar-refractivity contribution in [3.05, 3.63) is 0 Å². The zero-order valence-electron chi connectivity index (χ0n) is 11.3. The first-order chi connectivity index (χ1) is 7.54. The first-order valence-electron chi connectivity index (χ1n) is 6.67. The van der Waals surface area contributed by atoms with E-state index in [4.69, 9.17) is 0 Å². The monoisotopic (exact) mass is 225 g/mol. The minimum absolute atomic E-state index is 0.332. The highest BCUT2D eigenvalue weighted by atomic mass is 15.3. The van der Waals surface area contributed by atoms with Crippen LogP contribution in [0, 0.1) is 0 Å². The van der Waals surface area contributed by atoms with Gasteiger partial charge in [0.2, 0.25) is 0 Å². The van der Waals surface area contributed by atoms with E-state index in [2.05, 4.69) is 43.1 Å². The molecule has 1 saturated heterocycles. The predicted octanol–water partition coefficient (Wildman–Crippen LogP) is 1.15. The summed E-state index contributed by atoms with van der Waals surface area (Å²) in [6.45, 7) is 8.39. The maximum Gasteiger partial charge on any atom is 0.0277 e. The van der Waals surface area contributed by atoms with E-state index in [1.54, 1.807) is 0 Å². The van der Waals surface area contributed by atoms with E-state index in [0.717, 1.165) is 12.1 Å². The fourth-order valence-corrected chi connectivity index (χ4v) is 3.28. The molecule has 1 saturated carbocycles. The number of nitrogens with zero attached hydrogens (tertiary/aromatic N) is 2. The smallest absolute Gasteiger partial charge is 0.0277 e. The summed E-state index contributed by atoms with van der Waals surface area (Å²) in [6, 6.07) is 1.50. The van der Waals surface area contributed by atoms with Gasteiger partial charge in [-0.3, -0.25) is 9.80 Å². The molecular formula is C13H27N3. The molecule has 0 aromatic carbocycles. The molecular weight excluding hydrogens is 198 g/mol. The van der Waals surface area contributed by atoms with Gasteiger partial charge in [0.1, 0.15) is 0 Å². The molecule has 2 fully saturated rings. The molecule has 2 rings (SSSR count). The van der Waals surface area contributed by atoms with Crippen molar-refractivity contribution in [2.24, 2.45) is 0 Å². The van der Waals surface area contributed by atoms with E-state index in [1.165, 1.54) is 38.9 Å². The third kappa shape index (κ3) is 2.27. The van der Waals surface area contributed by atoms with Crippen molar-refractivity contribution >= 4 is 0 Å². The highest BCUT2D eigenvalue weighted by Gasteiger charge is 2.38. The topological polar surface area (TPSA) is 18.5 Å². The average Bonchev–Trinajstić information content (AvgIpc) is 2.70. The normalized spacial score (nSPS) is 36.8. The summed E-state index contributed by atoms with van der Waals surface area (Å²) < 4.78 is 0. The van der Waals surface area contributed by atoms with Crippen molar-refractivity contribution in [2.75, 3.05) is 33.7 Å². The summed E-state index contributed by atoms with van der Waals surface area (Å²) >= 11 is 0. The molecule has 0 spiro atoms. The van der Waals surface area contributed by atoms with E-state index in [9.17, 15) is 0 Å². The highest BCUT2D eigenvalue weighted by molar-refractivity contribution is 4.96. The molecule has 1 N–H and O–H groups in total. The second-order valence-corrected chi connectivity index (χ2v) is 6.10. The minimum atomic E-state index is 0.332. The molecule has 1 aliphatic heterocycles. The van der Waals surface area contributed by atoms with Gasteiger partial charge in [-0.2, -0.15) is 0 Å². The first kappa shape index (κ1) is 12.3. The summed E-state index contributed by atoms with van der Waals surface area (Å²) in [4.78, 5) is 5.21. The molecule has 3 heteroatoms. The Hall–Kier alpha value is -0.120. The lowest BCUT2D eigenvalue weighted by Crippen LogP contribution is -2.61. The van der Waals surface area contributed by atoms with Gasteiger partial charge in [-0.1, -0.05) is 6.42 Å². The second-order valence-electron chi connectivity index (χ2n) is 6.10. The maximum absolute atomic E-state index is 3.49. The molecule has 16 heavy (non-hydrogen) atoms. The minimum Gasteiger partial charge on any atom is -0.315 e. The van der Waals surface area contributed by atoms with Crippen LogP contribution >= 0.6 is 0 Å². The van der Waals surface area contributed by atoms with Crippen LogP contribution in [0.15, 0.2) is 0 Å². The van der Waals surface area contributed by atoms with Crippen molar-refractivity contribution in [2.45, 2.75) is 50.7 Å². The largest absolute Gasteiger partial charge is 0.315 e. The van der Waals surface area contributed by atoms with Crippen LogP contribution in [0.1, 0.15) is 33.1 Å². The number of likely N-dealkylation sites (N-methyl/N-ethyl adjacent to an activating group) is 2. The number of nitrogens with one attached hydrogen (secondary N) is 1. The van der Waals surface area contributed by atoms with Gasteiger partial charge in [0, 0.05) is 37.3 Å². The zero-order valence-corrected chi connectivity index (χ0v) is 11.3. The summed E-state index contributed by atoms with van der Waals surface area (Å²) in [6.07, 6.45) is 4.13. The summed E-state index contributed by atoms with van der Waals surface area (Å²) in [5, 5.41) is 3.49. The molecule has 1 heterocycles. The molecule has 0 aromatic heterocycles. The fraction of sp³-hybridized carbons (Fsp3) is 1.00. The average molecular weight is 225 g/mol. The Balaban J connectivity index is 2.00. The summed E-state index contributed by atoms with van der Waals surface area (Å²) in [5.74, 6) is 0. The Morgan fingerprint density at radius 3 is 2.56 bits per heavy atom. The van der Waals surface area contributed by atoms with Gasteiger partial charge in [0.15, 0.2) is 0 Å². The van der Waals surface area contributed by atoms with Crippen LogP contribution in [-0.4, -0.2) is 61.2 Å². The quantitative estimate of drug-likeness (QED) is 0.760. The van der Waals surface area contributed by atoms with Crippen molar-refractivity contribution in [3.63, 3.8) is 0 Å². The third-order valence-corrected chi connectivity index (χ3v) is 4.67. The van der Waals surface area contributed by atoms with E-state index < -0.39 is 0 Å². The number of piperazine rings is 1.